The maximum absolute atomic E-state index is 13.0. The number of fused-ring (bicyclic) bond motifs is 1. The van der Waals surface area contributed by atoms with Crippen molar-refractivity contribution in [2.45, 2.75) is 32.1 Å². The van der Waals surface area contributed by atoms with Crippen LogP contribution >= 0.6 is 0 Å². The Morgan fingerprint density at radius 2 is 2.08 bits per heavy atom. The van der Waals surface area contributed by atoms with Crippen LogP contribution in [0.2, 0.25) is 0 Å². The van der Waals surface area contributed by atoms with Crippen molar-refractivity contribution in [2.75, 3.05) is 24.5 Å². The third kappa shape index (κ3) is 2.77. The Morgan fingerprint density at radius 1 is 1.21 bits per heavy atom. The molecule has 0 saturated carbocycles. The molecule has 0 radical (unpaired) electrons. The summed E-state index contributed by atoms with van der Waals surface area (Å²) in [6.07, 6.45) is 6.96. The van der Waals surface area contributed by atoms with Crippen LogP contribution in [0.25, 0.3) is 0 Å². The van der Waals surface area contributed by atoms with Gasteiger partial charge in [0.15, 0.2) is 0 Å². The van der Waals surface area contributed by atoms with Crippen LogP contribution in [0, 0.1) is 6.92 Å². The number of hydrogen-bond acceptors (Lipinski definition) is 2. The van der Waals surface area contributed by atoms with E-state index in [4.69, 9.17) is 0 Å². The number of urea groups is 1. The number of benzene rings is 1. The fourth-order valence-corrected chi connectivity index (χ4v) is 3.91. The fourth-order valence-electron chi connectivity index (χ4n) is 3.91. The summed E-state index contributed by atoms with van der Waals surface area (Å²) in [6, 6.07) is 10.6. The molecule has 3 heterocycles. The van der Waals surface area contributed by atoms with Crippen LogP contribution in [0.5, 0.6) is 0 Å². The molecule has 24 heavy (non-hydrogen) atoms. The summed E-state index contributed by atoms with van der Waals surface area (Å²) in [6.45, 7) is 4.51. The molecule has 0 spiro atoms. The molecule has 4 rings (SSSR count). The summed E-state index contributed by atoms with van der Waals surface area (Å²) >= 11 is 0. The molecule has 2 aliphatic rings. The van der Waals surface area contributed by atoms with E-state index in [-0.39, 0.29) is 6.03 Å². The maximum atomic E-state index is 13.0. The van der Waals surface area contributed by atoms with Crippen LogP contribution in [0.4, 0.5) is 10.5 Å². The Labute approximate surface area is 143 Å². The molecule has 124 valence electrons. The van der Waals surface area contributed by atoms with Gasteiger partial charge >= 0.3 is 6.03 Å². The van der Waals surface area contributed by atoms with Gasteiger partial charge in [-0.25, -0.2) is 4.79 Å². The van der Waals surface area contributed by atoms with Gasteiger partial charge in [0.05, 0.1) is 0 Å². The normalized spacial score (nSPS) is 20.1. The van der Waals surface area contributed by atoms with Crippen molar-refractivity contribution in [3.8, 4) is 0 Å². The average molecular weight is 321 g/mol. The van der Waals surface area contributed by atoms with Gasteiger partial charge in [-0.2, -0.15) is 0 Å². The second-order valence-electron chi connectivity index (χ2n) is 6.89. The Hall–Kier alpha value is -2.36. The topological polar surface area (TPSA) is 36.4 Å². The van der Waals surface area contributed by atoms with Gasteiger partial charge in [0.25, 0.3) is 0 Å². The van der Waals surface area contributed by atoms with Crippen molar-refractivity contribution in [1.82, 2.24) is 9.88 Å². The molecular formula is C20H23N3O. The highest BCUT2D eigenvalue weighted by Crippen LogP contribution is 2.31. The van der Waals surface area contributed by atoms with Crippen molar-refractivity contribution < 1.29 is 4.79 Å². The molecule has 1 fully saturated rings. The van der Waals surface area contributed by atoms with Crippen LogP contribution in [0.15, 0.2) is 42.7 Å². The minimum Gasteiger partial charge on any atom is -0.324 e. The molecule has 1 unspecified atom stereocenters. The van der Waals surface area contributed by atoms with Gasteiger partial charge in [0.2, 0.25) is 0 Å². The van der Waals surface area contributed by atoms with E-state index < -0.39 is 0 Å². The summed E-state index contributed by atoms with van der Waals surface area (Å²) in [5.74, 6) is 0.404. The summed E-state index contributed by atoms with van der Waals surface area (Å²) < 4.78 is 0. The van der Waals surface area contributed by atoms with Crippen LogP contribution in [0.3, 0.4) is 0 Å². The molecule has 2 aromatic rings. The van der Waals surface area contributed by atoms with Gasteiger partial charge in [0, 0.05) is 43.6 Å². The summed E-state index contributed by atoms with van der Waals surface area (Å²) in [4.78, 5) is 21.3. The number of nitrogens with zero attached hydrogens (tertiary/aromatic N) is 3. The third-order valence-electron chi connectivity index (χ3n) is 5.17. The molecular weight excluding hydrogens is 298 g/mol. The standard InChI is InChI=1S/C20H23N3O/c1-15-11-18(13-21-12-15)17-8-10-22(14-17)20(24)23-9-4-6-16-5-2-3-7-19(16)23/h2-3,5,7,11-13,17H,4,6,8-10,14H2,1H3. The lowest BCUT2D eigenvalue weighted by Gasteiger charge is -2.32. The zero-order valence-corrected chi connectivity index (χ0v) is 14.1. The van der Waals surface area contributed by atoms with E-state index in [1.807, 2.05) is 28.3 Å². The van der Waals surface area contributed by atoms with Gasteiger partial charge in [-0.15, -0.1) is 0 Å². The molecule has 0 N–H and O–H groups in total. The summed E-state index contributed by atoms with van der Waals surface area (Å²) in [5, 5.41) is 0. The van der Waals surface area contributed by atoms with Crippen LogP contribution in [-0.4, -0.2) is 35.5 Å². The Morgan fingerprint density at radius 3 is 2.96 bits per heavy atom. The zero-order valence-electron chi connectivity index (χ0n) is 14.1. The first-order valence-electron chi connectivity index (χ1n) is 8.78. The van der Waals surface area contributed by atoms with E-state index >= 15 is 0 Å². The van der Waals surface area contributed by atoms with Crippen molar-refractivity contribution in [1.29, 1.82) is 0 Å². The van der Waals surface area contributed by atoms with E-state index in [1.54, 1.807) is 0 Å². The SMILES string of the molecule is Cc1cncc(C2CCN(C(=O)N3CCCc4ccccc43)C2)c1. The number of likely N-dealkylation sites (tertiary alicyclic amines) is 1. The van der Waals surface area contributed by atoms with E-state index in [0.717, 1.165) is 44.6 Å². The molecule has 1 atom stereocenters. The van der Waals surface area contributed by atoms with Crippen molar-refractivity contribution >= 4 is 11.7 Å². The highest BCUT2D eigenvalue weighted by molar-refractivity contribution is 5.93. The van der Waals surface area contributed by atoms with Gasteiger partial charge in [-0.05, 0) is 48.9 Å². The Kier molecular flexibility index (Phi) is 3.97. The number of anilines is 1. The lowest BCUT2D eigenvalue weighted by atomic mass is 9.99. The average Bonchev–Trinajstić information content (AvgIpc) is 3.11. The van der Waals surface area contributed by atoms with E-state index in [0.29, 0.717) is 5.92 Å². The predicted molar refractivity (Wildman–Crippen MR) is 95.4 cm³/mol. The summed E-state index contributed by atoms with van der Waals surface area (Å²) in [7, 11) is 0. The fraction of sp³-hybridized carbons (Fsp3) is 0.400. The quantitative estimate of drug-likeness (QED) is 0.802. The molecule has 0 aliphatic carbocycles. The Balaban J connectivity index is 1.51. The molecule has 4 nitrogen and oxygen atoms in total. The lowest BCUT2D eigenvalue weighted by Crippen LogP contribution is -2.44. The number of amides is 2. The van der Waals surface area contributed by atoms with Crippen LogP contribution in [-0.2, 0) is 6.42 Å². The number of rotatable bonds is 1. The molecule has 1 aromatic carbocycles. The molecule has 0 bridgehead atoms. The summed E-state index contributed by atoms with van der Waals surface area (Å²) in [5.41, 5.74) is 4.82. The number of pyridine rings is 1. The van der Waals surface area contributed by atoms with E-state index in [1.165, 1.54) is 16.7 Å². The number of para-hydroxylation sites is 1. The number of aryl methyl sites for hydroxylation is 2. The molecule has 2 aliphatic heterocycles. The van der Waals surface area contributed by atoms with Crippen LogP contribution < -0.4 is 4.90 Å². The van der Waals surface area contributed by atoms with E-state index in [2.05, 4.69) is 36.2 Å². The third-order valence-corrected chi connectivity index (χ3v) is 5.17. The number of aromatic nitrogens is 1. The first-order chi connectivity index (χ1) is 11.7. The molecule has 1 aromatic heterocycles. The predicted octanol–water partition coefficient (Wildman–Crippen LogP) is 3.75. The number of carbonyl (C=O) groups is 1. The van der Waals surface area contributed by atoms with Crippen molar-refractivity contribution in [2.24, 2.45) is 0 Å². The maximum Gasteiger partial charge on any atom is 0.324 e. The first-order valence-corrected chi connectivity index (χ1v) is 8.78. The highest BCUT2D eigenvalue weighted by Gasteiger charge is 2.32. The lowest BCUT2D eigenvalue weighted by molar-refractivity contribution is 0.214. The second-order valence-corrected chi connectivity index (χ2v) is 6.89. The number of hydrogen-bond donors (Lipinski definition) is 0. The molecule has 2 amide bonds. The van der Waals surface area contributed by atoms with Gasteiger partial charge < -0.3 is 4.90 Å². The van der Waals surface area contributed by atoms with Crippen molar-refractivity contribution in [3.63, 3.8) is 0 Å². The monoisotopic (exact) mass is 321 g/mol. The van der Waals surface area contributed by atoms with E-state index in [9.17, 15) is 4.79 Å². The van der Waals surface area contributed by atoms with Gasteiger partial charge in [-0.1, -0.05) is 24.3 Å². The zero-order chi connectivity index (χ0) is 16.5. The smallest absolute Gasteiger partial charge is 0.324 e. The highest BCUT2D eigenvalue weighted by atomic mass is 16.2. The van der Waals surface area contributed by atoms with Crippen molar-refractivity contribution in [3.05, 3.63) is 59.4 Å². The largest absolute Gasteiger partial charge is 0.324 e. The minimum atomic E-state index is 0.158. The van der Waals surface area contributed by atoms with Crippen LogP contribution in [0.1, 0.15) is 35.4 Å². The number of carbonyl (C=O) groups excluding carboxylic acids is 1. The Bertz CT molecular complexity index is 758. The molecule has 1 saturated heterocycles. The van der Waals surface area contributed by atoms with Gasteiger partial charge in [-0.3, -0.25) is 9.88 Å². The van der Waals surface area contributed by atoms with Gasteiger partial charge in [0.1, 0.15) is 0 Å². The first kappa shape index (κ1) is 15.2. The second kappa shape index (κ2) is 6.27. The minimum absolute atomic E-state index is 0.158. The molecule has 4 heteroatoms.